The van der Waals surface area contributed by atoms with Gasteiger partial charge in [-0.2, -0.15) is 4.57 Å². The highest BCUT2D eigenvalue weighted by molar-refractivity contribution is 5.91. The molecular formula is C23H24N3O+. The first kappa shape index (κ1) is 17.3. The third-order valence-electron chi connectivity index (χ3n) is 4.98. The van der Waals surface area contributed by atoms with Gasteiger partial charge < -0.3 is 15.0 Å². The van der Waals surface area contributed by atoms with Crippen LogP contribution in [-0.4, -0.2) is 18.2 Å². The van der Waals surface area contributed by atoms with Gasteiger partial charge in [0.2, 0.25) is 11.2 Å². The van der Waals surface area contributed by atoms with Crippen molar-refractivity contribution in [1.82, 2.24) is 4.57 Å². The van der Waals surface area contributed by atoms with Gasteiger partial charge in [0.15, 0.2) is 6.54 Å². The molecule has 4 rings (SSSR count). The van der Waals surface area contributed by atoms with Crippen LogP contribution in [0.2, 0.25) is 0 Å². The second kappa shape index (κ2) is 7.25. The molecule has 0 fully saturated rings. The molecule has 0 bridgehead atoms. The number of hydrogen-bond donors (Lipinski definition) is 1. The third-order valence-corrected chi connectivity index (χ3v) is 4.98. The molecule has 2 aromatic heterocycles. The van der Waals surface area contributed by atoms with E-state index in [4.69, 9.17) is 10.5 Å². The molecule has 2 aromatic carbocycles. The van der Waals surface area contributed by atoms with Crippen molar-refractivity contribution in [3.8, 4) is 5.75 Å². The van der Waals surface area contributed by atoms with E-state index >= 15 is 0 Å². The summed E-state index contributed by atoms with van der Waals surface area (Å²) in [5.41, 5.74) is 10.6. The second-order valence-corrected chi connectivity index (χ2v) is 6.67. The summed E-state index contributed by atoms with van der Waals surface area (Å²) in [6.07, 6.45) is 6.52. The second-order valence-electron chi connectivity index (χ2n) is 6.67. The minimum atomic E-state index is 0.588. The fourth-order valence-electron chi connectivity index (χ4n) is 3.65. The molecule has 0 atom stereocenters. The molecule has 0 aliphatic carbocycles. The lowest BCUT2D eigenvalue weighted by molar-refractivity contribution is -0.670. The van der Waals surface area contributed by atoms with E-state index < -0.39 is 0 Å². The van der Waals surface area contributed by atoms with Crippen LogP contribution in [0.1, 0.15) is 11.3 Å². The Balaban J connectivity index is 1.80. The van der Waals surface area contributed by atoms with Crippen LogP contribution >= 0.6 is 0 Å². The van der Waals surface area contributed by atoms with Gasteiger partial charge in [0, 0.05) is 47.9 Å². The monoisotopic (exact) mass is 358 g/mol. The Morgan fingerprint density at radius 3 is 2.74 bits per heavy atom. The van der Waals surface area contributed by atoms with Gasteiger partial charge in [0.25, 0.3) is 0 Å². The maximum Gasteiger partial charge on any atom is 0.213 e. The first-order chi connectivity index (χ1) is 13.2. The SMILES string of the molecule is COc1ccc2c(ccc(/C=C/c3cn(C)c4ccccc34)[n+]2CCN)c1. The number of pyridine rings is 1. The van der Waals surface area contributed by atoms with Gasteiger partial charge in [-0.3, -0.25) is 0 Å². The number of aryl methyl sites for hydroxylation is 1. The minimum absolute atomic E-state index is 0.588. The molecule has 0 radical (unpaired) electrons. The van der Waals surface area contributed by atoms with E-state index in [1.165, 1.54) is 16.5 Å². The predicted octanol–water partition coefficient (Wildman–Crippen LogP) is 3.76. The average molecular weight is 358 g/mol. The fraction of sp³-hybridized carbons (Fsp3) is 0.174. The van der Waals surface area contributed by atoms with Crippen molar-refractivity contribution < 1.29 is 9.30 Å². The normalized spacial score (nSPS) is 11.7. The number of nitrogens with two attached hydrogens (primary N) is 1. The lowest BCUT2D eigenvalue weighted by Gasteiger charge is -2.06. The molecule has 4 aromatic rings. The Kier molecular flexibility index (Phi) is 4.65. The molecule has 0 saturated carbocycles. The Bertz CT molecular complexity index is 1140. The van der Waals surface area contributed by atoms with Gasteiger partial charge >= 0.3 is 0 Å². The van der Waals surface area contributed by atoms with Crippen molar-refractivity contribution in [2.24, 2.45) is 12.8 Å². The van der Waals surface area contributed by atoms with Crippen molar-refractivity contribution >= 4 is 34.0 Å². The molecule has 4 nitrogen and oxygen atoms in total. The van der Waals surface area contributed by atoms with Crippen LogP contribution in [0.4, 0.5) is 0 Å². The molecule has 0 saturated heterocycles. The van der Waals surface area contributed by atoms with Crippen LogP contribution in [0.25, 0.3) is 34.0 Å². The summed E-state index contributed by atoms with van der Waals surface area (Å²) >= 11 is 0. The molecule has 2 heterocycles. The molecule has 4 heteroatoms. The first-order valence-electron chi connectivity index (χ1n) is 9.14. The van der Waals surface area contributed by atoms with Gasteiger partial charge in [0.1, 0.15) is 5.75 Å². The zero-order valence-corrected chi connectivity index (χ0v) is 15.7. The van der Waals surface area contributed by atoms with Gasteiger partial charge in [-0.25, -0.2) is 0 Å². The number of nitrogens with zero attached hydrogens (tertiary/aromatic N) is 2. The molecule has 0 spiro atoms. The lowest BCUT2D eigenvalue weighted by Crippen LogP contribution is -2.41. The first-order valence-corrected chi connectivity index (χ1v) is 9.14. The van der Waals surface area contributed by atoms with Crippen LogP contribution in [-0.2, 0) is 13.6 Å². The van der Waals surface area contributed by atoms with E-state index in [9.17, 15) is 0 Å². The summed E-state index contributed by atoms with van der Waals surface area (Å²) in [5.74, 6) is 0.862. The number of fused-ring (bicyclic) bond motifs is 2. The molecule has 0 aliphatic rings. The Hall–Kier alpha value is -3.11. The Morgan fingerprint density at radius 2 is 1.93 bits per heavy atom. The molecule has 136 valence electrons. The number of benzene rings is 2. The summed E-state index contributed by atoms with van der Waals surface area (Å²) < 4.78 is 9.77. The van der Waals surface area contributed by atoms with Crippen LogP contribution in [0.3, 0.4) is 0 Å². The van der Waals surface area contributed by atoms with Crippen molar-refractivity contribution in [1.29, 1.82) is 0 Å². The summed E-state index contributed by atoms with van der Waals surface area (Å²) in [6.45, 7) is 1.35. The van der Waals surface area contributed by atoms with E-state index in [2.05, 4.69) is 83.1 Å². The summed E-state index contributed by atoms with van der Waals surface area (Å²) in [7, 11) is 3.77. The molecule has 0 amide bonds. The highest BCUT2D eigenvalue weighted by Gasteiger charge is 2.14. The van der Waals surface area contributed by atoms with Crippen LogP contribution in [0.15, 0.2) is 60.8 Å². The van der Waals surface area contributed by atoms with Gasteiger partial charge in [-0.1, -0.05) is 18.2 Å². The van der Waals surface area contributed by atoms with Crippen molar-refractivity contribution in [3.05, 3.63) is 72.1 Å². The van der Waals surface area contributed by atoms with Crippen molar-refractivity contribution in [2.45, 2.75) is 6.54 Å². The topological polar surface area (TPSA) is 44.1 Å². The summed E-state index contributed by atoms with van der Waals surface area (Å²) in [6, 6.07) is 18.9. The van der Waals surface area contributed by atoms with E-state index in [0.717, 1.165) is 28.9 Å². The Labute approximate surface area is 159 Å². The van der Waals surface area contributed by atoms with Crippen LogP contribution < -0.4 is 15.0 Å². The van der Waals surface area contributed by atoms with Crippen molar-refractivity contribution in [2.75, 3.05) is 13.7 Å². The fourth-order valence-corrected chi connectivity index (χ4v) is 3.65. The maximum absolute atomic E-state index is 5.89. The molecular weight excluding hydrogens is 334 g/mol. The zero-order valence-electron chi connectivity index (χ0n) is 15.7. The highest BCUT2D eigenvalue weighted by Crippen LogP contribution is 2.23. The van der Waals surface area contributed by atoms with Gasteiger partial charge in [-0.05, 0) is 30.3 Å². The minimum Gasteiger partial charge on any atom is -0.497 e. The summed E-state index contributed by atoms with van der Waals surface area (Å²) in [5, 5.41) is 2.40. The van der Waals surface area contributed by atoms with Crippen LogP contribution in [0.5, 0.6) is 5.75 Å². The highest BCUT2D eigenvalue weighted by atomic mass is 16.5. The molecule has 27 heavy (non-hydrogen) atoms. The van der Waals surface area contributed by atoms with Gasteiger partial charge in [-0.15, -0.1) is 0 Å². The molecule has 0 unspecified atom stereocenters. The lowest BCUT2D eigenvalue weighted by atomic mass is 10.1. The number of aromatic nitrogens is 2. The number of ether oxygens (including phenoxy) is 1. The number of para-hydroxylation sites is 1. The largest absolute Gasteiger partial charge is 0.497 e. The molecule has 0 aliphatic heterocycles. The smallest absolute Gasteiger partial charge is 0.213 e. The maximum atomic E-state index is 5.89. The standard InChI is InChI=1S/C23H24N3O/c1-25-16-18(21-5-3-4-6-23(21)25)8-10-19-9-7-17-15-20(27-2)11-12-22(17)26(19)14-13-24/h3-12,15-16H,13-14,24H2,1-2H3/q+1. The number of methoxy groups -OCH3 is 1. The van der Waals surface area contributed by atoms with E-state index in [-0.39, 0.29) is 0 Å². The summed E-state index contributed by atoms with van der Waals surface area (Å²) in [4.78, 5) is 0. The average Bonchev–Trinajstić information content (AvgIpc) is 3.03. The third kappa shape index (κ3) is 3.20. The quantitative estimate of drug-likeness (QED) is 0.552. The van der Waals surface area contributed by atoms with E-state index in [1.807, 2.05) is 6.07 Å². The van der Waals surface area contributed by atoms with Crippen molar-refractivity contribution in [3.63, 3.8) is 0 Å². The number of rotatable bonds is 5. The predicted molar refractivity (Wildman–Crippen MR) is 112 cm³/mol. The van der Waals surface area contributed by atoms with Gasteiger partial charge in [0.05, 0.1) is 19.0 Å². The van der Waals surface area contributed by atoms with E-state index in [1.54, 1.807) is 7.11 Å². The number of hydrogen-bond acceptors (Lipinski definition) is 2. The zero-order chi connectivity index (χ0) is 18.8. The Morgan fingerprint density at radius 1 is 1.07 bits per heavy atom. The van der Waals surface area contributed by atoms with Crippen LogP contribution in [0, 0.1) is 0 Å². The molecule has 2 N–H and O–H groups in total. The van der Waals surface area contributed by atoms with E-state index in [0.29, 0.717) is 6.54 Å².